The van der Waals surface area contributed by atoms with E-state index in [1.807, 2.05) is 31.2 Å². The van der Waals surface area contributed by atoms with Gasteiger partial charge >= 0.3 is 0 Å². The topological polar surface area (TPSA) is 29.1 Å². The quantitative estimate of drug-likeness (QED) is 0.849. The molecule has 0 aliphatic carbocycles. The molecular formula is C12H16ClNOS. The van der Waals surface area contributed by atoms with Crippen molar-refractivity contribution in [2.45, 2.75) is 19.1 Å². The van der Waals surface area contributed by atoms with Crippen LogP contribution >= 0.6 is 23.4 Å². The number of carbonyl (C=O) groups is 1. The molecule has 0 unspecified atom stereocenters. The SMILES string of the molecule is CCCNC(=O)CSCc1ccccc1Cl. The summed E-state index contributed by atoms with van der Waals surface area (Å²) in [6.07, 6.45) is 0.973. The number of hydrogen-bond donors (Lipinski definition) is 1. The van der Waals surface area contributed by atoms with Crippen molar-refractivity contribution in [1.82, 2.24) is 5.32 Å². The zero-order valence-corrected chi connectivity index (χ0v) is 10.9. The molecule has 16 heavy (non-hydrogen) atoms. The fraction of sp³-hybridized carbons (Fsp3) is 0.417. The molecule has 0 saturated carbocycles. The molecule has 0 aliphatic rings. The van der Waals surface area contributed by atoms with Crippen LogP contribution < -0.4 is 5.32 Å². The van der Waals surface area contributed by atoms with Gasteiger partial charge in [0.05, 0.1) is 5.75 Å². The Morgan fingerprint density at radius 2 is 2.19 bits per heavy atom. The maximum absolute atomic E-state index is 11.3. The summed E-state index contributed by atoms with van der Waals surface area (Å²) >= 11 is 7.59. The third kappa shape index (κ3) is 4.90. The maximum atomic E-state index is 11.3. The second kappa shape index (κ2) is 7.58. The first-order valence-electron chi connectivity index (χ1n) is 5.32. The van der Waals surface area contributed by atoms with Crippen LogP contribution in [0.15, 0.2) is 24.3 Å². The first kappa shape index (κ1) is 13.4. The number of amides is 1. The van der Waals surface area contributed by atoms with E-state index in [2.05, 4.69) is 5.32 Å². The summed E-state index contributed by atoms with van der Waals surface area (Å²) in [6, 6.07) is 7.72. The summed E-state index contributed by atoms with van der Waals surface area (Å²) in [6.45, 7) is 2.79. The van der Waals surface area contributed by atoms with E-state index in [-0.39, 0.29) is 5.91 Å². The first-order valence-corrected chi connectivity index (χ1v) is 6.85. The van der Waals surface area contributed by atoms with E-state index < -0.39 is 0 Å². The van der Waals surface area contributed by atoms with E-state index in [9.17, 15) is 4.79 Å². The molecular weight excluding hydrogens is 242 g/mol. The van der Waals surface area contributed by atoms with Crippen molar-refractivity contribution in [3.8, 4) is 0 Å². The highest BCUT2D eigenvalue weighted by molar-refractivity contribution is 7.99. The van der Waals surface area contributed by atoms with Crippen molar-refractivity contribution in [1.29, 1.82) is 0 Å². The highest BCUT2D eigenvalue weighted by Gasteiger charge is 2.02. The summed E-state index contributed by atoms with van der Waals surface area (Å²) < 4.78 is 0. The molecule has 4 heteroatoms. The average Bonchev–Trinajstić information content (AvgIpc) is 2.29. The molecule has 0 heterocycles. The number of benzene rings is 1. The monoisotopic (exact) mass is 257 g/mol. The van der Waals surface area contributed by atoms with Crippen LogP contribution in [0.25, 0.3) is 0 Å². The van der Waals surface area contributed by atoms with E-state index >= 15 is 0 Å². The number of carbonyl (C=O) groups excluding carboxylic acids is 1. The van der Waals surface area contributed by atoms with E-state index in [4.69, 9.17) is 11.6 Å². The molecule has 0 aliphatic heterocycles. The lowest BCUT2D eigenvalue weighted by atomic mass is 10.2. The lowest BCUT2D eigenvalue weighted by Crippen LogP contribution is -2.25. The van der Waals surface area contributed by atoms with Crippen molar-refractivity contribution < 1.29 is 4.79 Å². The summed E-state index contributed by atoms with van der Waals surface area (Å²) in [4.78, 5) is 11.3. The van der Waals surface area contributed by atoms with Gasteiger partial charge in [-0.05, 0) is 18.1 Å². The molecule has 0 fully saturated rings. The lowest BCUT2D eigenvalue weighted by Gasteiger charge is -2.04. The average molecular weight is 258 g/mol. The van der Waals surface area contributed by atoms with Crippen LogP contribution in [0, 0.1) is 0 Å². The Balaban J connectivity index is 2.25. The second-order valence-corrected chi connectivity index (χ2v) is 4.83. The van der Waals surface area contributed by atoms with Gasteiger partial charge in [0.25, 0.3) is 0 Å². The predicted molar refractivity (Wildman–Crippen MR) is 70.9 cm³/mol. The second-order valence-electron chi connectivity index (χ2n) is 3.43. The van der Waals surface area contributed by atoms with Crippen molar-refractivity contribution >= 4 is 29.3 Å². The van der Waals surface area contributed by atoms with E-state index in [0.29, 0.717) is 5.75 Å². The molecule has 0 spiro atoms. The first-order chi connectivity index (χ1) is 7.74. The minimum Gasteiger partial charge on any atom is -0.355 e. The van der Waals surface area contributed by atoms with E-state index in [1.165, 1.54) is 0 Å². The molecule has 0 saturated heterocycles. The van der Waals surface area contributed by atoms with Gasteiger partial charge < -0.3 is 5.32 Å². The standard InChI is InChI=1S/C12H16ClNOS/c1-2-7-14-12(15)9-16-8-10-5-3-4-6-11(10)13/h3-6H,2,7-9H2,1H3,(H,14,15). The molecule has 1 N–H and O–H groups in total. The number of halogens is 1. The molecule has 1 rings (SSSR count). The van der Waals surface area contributed by atoms with Crippen LogP contribution in [0.3, 0.4) is 0 Å². The minimum atomic E-state index is 0.0962. The molecule has 1 aromatic rings. The molecule has 0 aromatic heterocycles. The van der Waals surface area contributed by atoms with Gasteiger partial charge in [-0.1, -0.05) is 36.7 Å². The Morgan fingerprint density at radius 1 is 1.44 bits per heavy atom. The van der Waals surface area contributed by atoms with Gasteiger partial charge in [0.2, 0.25) is 5.91 Å². The summed E-state index contributed by atoms with van der Waals surface area (Å²) in [5.41, 5.74) is 1.08. The minimum absolute atomic E-state index is 0.0962. The number of thioether (sulfide) groups is 1. The van der Waals surface area contributed by atoms with Crippen molar-refractivity contribution in [2.75, 3.05) is 12.3 Å². The number of nitrogens with one attached hydrogen (secondary N) is 1. The van der Waals surface area contributed by atoms with Gasteiger partial charge in [0.1, 0.15) is 0 Å². The van der Waals surface area contributed by atoms with E-state index in [0.717, 1.165) is 29.3 Å². The Hall–Kier alpha value is -0.670. The van der Waals surface area contributed by atoms with Gasteiger partial charge in [-0.2, -0.15) is 0 Å². The predicted octanol–water partition coefficient (Wildman–Crippen LogP) is 3.10. The fourth-order valence-corrected chi connectivity index (χ4v) is 2.33. The number of hydrogen-bond acceptors (Lipinski definition) is 2. The Kier molecular flexibility index (Phi) is 6.34. The van der Waals surface area contributed by atoms with Crippen molar-refractivity contribution in [2.24, 2.45) is 0 Å². The summed E-state index contributed by atoms with van der Waals surface area (Å²) in [7, 11) is 0. The zero-order valence-electron chi connectivity index (χ0n) is 9.33. The molecule has 0 atom stereocenters. The van der Waals surface area contributed by atoms with Crippen LogP contribution in [0.1, 0.15) is 18.9 Å². The molecule has 88 valence electrons. The molecule has 2 nitrogen and oxygen atoms in total. The smallest absolute Gasteiger partial charge is 0.230 e. The largest absolute Gasteiger partial charge is 0.355 e. The summed E-state index contributed by atoms with van der Waals surface area (Å²) in [5, 5.41) is 3.61. The van der Waals surface area contributed by atoms with Crippen molar-refractivity contribution in [3.05, 3.63) is 34.9 Å². The third-order valence-corrected chi connectivity index (χ3v) is 3.37. The van der Waals surface area contributed by atoms with Gasteiger partial charge in [-0.25, -0.2) is 0 Å². The zero-order chi connectivity index (χ0) is 11.8. The summed E-state index contributed by atoms with van der Waals surface area (Å²) in [5.74, 6) is 1.36. The van der Waals surface area contributed by atoms with Gasteiger partial charge in [-0.15, -0.1) is 11.8 Å². The van der Waals surface area contributed by atoms with Crippen LogP contribution in [0.2, 0.25) is 5.02 Å². The Bertz CT molecular complexity index is 344. The molecule has 0 radical (unpaired) electrons. The normalized spacial score (nSPS) is 10.1. The molecule has 1 aromatic carbocycles. The number of rotatable bonds is 6. The molecule has 0 bridgehead atoms. The highest BCUT2D eigenvalue weighted by Crippen LogP contribution is 2.20. The van der Waals surface area contributed by atoms with Gasteiger partial charge in [0.15, 0.2) is 0 Å². The van der Waals surface area contributed by atoms with Crippen LogP contribution in [-0.2, 0) is 10.5 Å². The van der Waals surface area contributed by atoms with Gasteiger partial charge in [0, 0.05) is 17.3 Å². The fourth-order valence-electron chi connectivity index (χ4n) is 1.18. The van der Waals surface area contributed by atoms with Crippen LogP contribution in [0.5, 0.6) is 0 Å². The Labute approximate surface area is 106 Å². The third-order valence-electron chi connectivity index (χ3n) is 2.02. The van der Waals surface area contributed by atoms with Crippen LogP contribution in [-0.4, -0.2) is 18.2 Å². The van der Waals surface area contributed by atoms with Crippen molar-refractivity contribution in [3.63, 3.8) is 0 Å². The highest BCUT2D eigenvalue weighted by atomic mass is 35.5. The Morgan fingerprint density at radius 3 is 2.88 bits per heavy atom. The van der Waals surface area contributed by atoms with E-state index in [1.54, 1.807) is 11.8 Å². The van der Waals surface area contributed by atoms with Crippen LogP contribution in [0.4, 0.5) is 0 Å². The molecule has 1 amide bonds. The maximum Gasteiger partial charge on any atom is 0.230 e. The van der Waals surface area contributed by atoms with Gasteiger partial charge in [-0.3, -0.25) is 4.79 Å². The lowest BCUT2D eigenvalue weighted by molar-refractivity contribution is -0.118.